The highest BCUT2D eigenvalue weighted by Gasteiger charge is 2.05. The van der Waals surface area contributed by atoms with Crippen LogP contribution in [0.1, 0.15) is 24.5 Å². The van der Waals surface area contributed by atoms with Gasteiger partial charge in [-0.3, -0.25) is 0 Å². The molecule has 0 aliphatic carbocycles. The minimum absolute atomic E-state index is 0.193. The van der Waals surface area contributed by atoms with E-state index in [2.05, 4.69) is 29.0 Å². The summed E-state index contributed by atoms with van der Waals surface area (Å²) in [6.45, 7) is 4.05. The summed E-state index contributed by atoms with van der Waals surface area (Å²) >= 11 is 5.75. The van der Waals surface area contributed by atoms with Crippen LogP contribution in [0.4, 0.5) is 0 Å². The fourth-order valence-electron chi connectivity index (χ4n) is 1.63. The van der Waals surface area contributed by atoms with E-state index in [4.69, 9.17) is 16.3 Å². The highest BCUT2D eigenvalue weighted by atomic mass is 35.5. The van der Waals surface area contributed by atoms with Crippen LogP contribution in [0.15, 0.2) is 30.5 Å². The molecule has 0 radical (unpaired) electrons. The van der Waals surface area contributed by atoms with E-state index in [1.54, 1.807) is 6.20 Å². The second-order valence-electron chi connectivity index (χ2n) is 4.12. The molecule has 0 atom stereocenters. The van der Waals surface area contributed by atoms with Crippen molar-refractivity contribution < 1.29 is 4.74 Å². The second kappa shape index (κ2) is 5.83. The molecule has 0 bridgehead atoms. The summed E-state index contributed by atoms with van der Waals surface area (Å²) in [5.74, 6) is 1.26. The van der Waals surface area contributed by atoms with Crippen LogP contribution in [-0.2, 0) is 6.42 Å². The molecule has 0 fully saturated rings. The zero-order valence-electron chi connectivity index (χ0n) is 10.5. The maximum atomic E-state index is 5.75. The number of ether oxygens (including phenoxy) is 1. The van der Waals surface area contributed by atoms with E-state index in [1.165, 1.54) is 5.56 Å². The Morgan fingerprint density at radius 3 is 2.61 bits per heavy atom. The number of rotatable bonds is 4. The van der Waals surface area contributed by atoms with Gasteiger partial charge in [-0.25, -0.2) is 4.98 Å². The molecular formula is C14H15ClN2O. The average molecular weight is 263 g/mol. The summed E-state index contributed by atoms with van der Waals surface area (Å²) in [4.78, 5) is 7.95. The number of nitrogens with zero attached hydrogens (tertiary/aromatic N) is 2. The van der Waals surface area contributed by atoms with Crippen LogP contribution in [-0.4, -0.2) is 9.97 Å². The first-order valence-electron chi connectivity index (χ1n) is 5.95. The van der Waals surface area contributed by atoms with E-state index in [-0.39, 0.29) is 5.28 Å². The Labute approximate surface area is 112 Å². The van der Waals surface area contributed by atoms with Crippen molar-refractivity contribution in [3.8, 4) is 11.6 Å². The highest BCUT2D eigenvalue weighted by molar-refractivity contribution is 6.28. The van der Waals surface area contributed by atoms with Crippen LogP contribution in [0.2, 0.25) is 5.28 Å². The van der Waals surface area contributed by atoms with Crippen LogP contribution in [0.5, 0.6) is 11.6 Å². The van der Waals surface area contributed by atoms with Crippen LogP contribution in [0.25, 0.3) is 0 Å². The van der Waals surface area contributed by atoms with Crippen molar-refractivity contribution in [3.63, 3.8) is 0 Å². The highest BCUT2D eigenvalue weighted by Crippen LogP contribution is 2.23. The van der Waals surface area contributed by atoms with Crippen molar-refractivity contribution in [3.05, 3.63) is 46.9 Å². The van der Waals surface area contributed by atoms with Gasteiger partial charge in [0.1, 0.15) is 5.75 Å². The first-order chi connectivity index (χ1) is 8.69. The van der Waals surface area contributed by atoms with Crippen LogP contribution < -0.4 is 4.74 Å². The van der Waals surface area contributed by atoms with Crippen LogP contribution >= 0.6 is 11.6 Å². The molecule has 3 nitrogen and oxygen atoms in total. The molecule has 4 heteroatoms. The van der Waals surface area contributed by atoms with E-state index in [0.717, 1.165) is 24.2 Å². The van der Waals surface area contributed by atoms with Gasteiger partial charge in [-0.2, -0.15) is 4.98 Å². The normalized spacial score (nSPS) is 10.4. The third kappa shape index (κ3) is 3.20. The monoisotopic (exact) mass is 262 g/mol. The van der Waals surface area contributed by atoms with Crippen LogP contribution in [0.3, 0.4) is 0 Å². The zero-order chi connectivity index (χ0) is 13.0. The van der Waals surface area contributed by atoms with Gasteiger partial charge in [0.25, 0.3) is 0 Å². The largest absolute Gasteiger partial charge is 0.439 e. The Morgan fingerprint density at radius 2 is 1.94 bits per heavy atom. The summed E-state index contributed by atoms with van der Waals surface area (Å²) in [5.41, 5.74) is 2.17. The van der Waals surface area contributed by atoms with Gasteiger partial charge in [-0.1, -0.05) is 25.5 Å². The fourth-order valence-corrected chi connectivity index (χ4v) is 1.76. The van der Waals surface area contributed by atoms with Gasteiger partial charge in [0.05, 0.1) is 0 Å². The van der Waals surface area contributed by atoms with Gasteiger partial charge in [-0.05, 0) is 42.6 Å². The van der Waals surface area contributed by atoms with Gasteiger partial charge in [0, 0.05) is 11.8 Å². The summed E-state index contributed by atoms with van der Waals surface area (Å²) in [6, 6.07) is 8.02. The second-order valence-corrected chi connectivity index (χ2v) is 4.46. The number of benzene rings is 1. The van der Waals surface area contributed by atoms with E-state index in [0.29, 0.717) is 5.88 Å². The lowest BCUT2D eigenvalue weighted by atomic mass is 10.1. The quantitative estimate of drug-likeness (QED) is 0.775. The summed E-state index contributed by atoms with van der Waals surface area (Å²) in [5, 5.41) is 0.193. The van der Waals surface area contributed by atoms with Crippen molar-refractivity contribution in [2.75, 3.05) is 0 Å². The third-order valence-corrected chi connectivity index (χ3v) is 2.75. The van der Waals surface area contributed by atoms with E-state index in [1.807, 2.05) is 19.1 Å². The Morgan fingerprint density at radius 1 is 1.22 bits per heavy atom. The Bertz CT molecular complexity index is 526. The number of aromatic nitrogens is 2. The minimum atomic E-state index is 0.193. The predicted octanol–water partition coefficient (Wildman–Crippen LogP) is 4.18. The Hall–Kier alpha value is -1.61. The molecule has 1 heterocycles. The summed E-state index contributed by atoms with van der Waals surface area (Å²) in [6.07, 6.45) is 3.87. The van der Waals surface area contributed by atoms with Crippen molar-refractivity contribution in [1.82, 2.24) is 9.97 Å². The fraction of sp³-hybridized carbons (Fsp3) is 0.286. The minimum Gasteiger partial charge on any atom is -0.439 e. The Balaban J connectivity index is 2.15. The Kier molecular flexibility index (Phi) is 4.15. The number of aryl methyl sites for hydroxylation is 2. The number of halogens is 1. The van der Waals surface area contributed by atoms with Gasteiger partial charge in [-0.15, -0.1) is 0 Å². The maximum absolute atomic E-state index is 5.75. The number of hydrogen-bond donors (Lipinski definition) is 0. The lowest BCUT2D eigenvalue weighted by molar-refractivity contribution is 0.457. The summed E-state index contributed by atoms with van der Waals surface area (Å²) < 4.78 is 5.69. The molecule has 0 saturated heterocycles. The zero-order valence-corrected chi connectivity index (χ0v) is 11.2. The number of hydrogen-bond acceptors (Lipinski definition) is 3. The van der Waals surface area contributed by atoms with Crippen molar-refractivity contribution in [2.24, 2.45) is 0 Å². The topological polar surface area (TPSA) is 35.0 Å². The molecule has 0 saturated carbocycles. The molecular weight excluding hydrogens is 248 g/mol. The van der Waals surface area contributed by atoms with E-state index >= 15 is 0 Å². The van der Waals surface area contributed by atoms with Crippen molar-refractivity contribution >= 4 is 11.6 Å². The molecule has 0 spiro atoms. The van der Waals surface area contributed by atoms with Crippen molar-refractivity contribution in [2.45, 2.75) is 26.7 Å². The molecule has 1 aromatic carbocycles. The molecule has 0 unspecified atom stereocenters. The van der Waals surface area contributed by atoms with E-state index in [9.17, 15) is 0 Å². The average Bonchev–Trinajstić information content (AvgIpc) is 2.37. The molecule has 1 aromatic heterocycles. The standard InChI is InChI=1S/C14H15ClN2O/c1-3-4-11-5-7-12(8-6-11)18-13-10(2)9-16-14(15)17-13/h5-9H,3-4H2,1-2H3. The van der Waals surface area contributed by atoms with Gasteiger partial charge in [0.15, 0.2) is 0 Å². The third-order valence-electron chi connectivity index (χ3n) is 2.57. The molecule has 2 aromatic rings. The molecule has 2 rings (SSSR count). The molecule has 0 amide bonds. The van der Waals surface area contributed by atoms with Crippen molar-refractivity contribution in [1.29, 1.82) is 0 Å². The van der Waals surface area contributed by atoms with Gasteiger partial charge in [0.2, 0.25) is 11.2 Å². The van der Waals surface area contributed by atoms with Gasteiger partial charge >= 0.3 is 0 Å². The first kappa shape index (κ1) is 12.8. The maximum Gasteiger partial charge on any atom is 0.226 e. The molecule has 0 aliphatic rings. The van der Waals surface area contributed by atoms with E-state index < -0.39 is 0 Å². The lowest BCUT2D eigenvalue weighted by Crippen LogP contribution is -1.94. The molecule has 94 valence electrons. The van der Waals surface area contributed by atoms with Gasteiger partial charge < -0.3 is 4.74 Å². The lowest BCUT2D eigenvalue weighted by Gasteiger charge is -2.07. The van der Waals surface area contributed by atoms with Crippen LogP contribution in [0, 0.1) is 6.92 Å². The molecule has 18 heavy (non-hydrogen) atoms. The predicted molar refractivity (Wildman–Crippen MR) is 72.3 cm³/mol. The molecule has 0 aliphatic heterocycles. The smallest absolute Gasteiger partial charge is 0.226 e. The summed E-state index contributed by atoms with van der Waals surface area (Å²) in [7, 11) is 0. The first-order valence-corrected chi connectivity index (χ1v) is 6.32. The molecule has 0 N–H and O–H groups in total. The SMILES string of the molecule is CCCc1ccc(Oc2nc(Cl)ncc2C)cc1.